The molecule has 1 aromatic heterocycles. The van der Waals surface area contributed by atoms with Crippen LogP contribution in [0.3, 0.4) is 0 Å². The molecule has 1 aliphatic heterocycles. The Morgan fingerprint density at radius 1 is 1.11 bits per heavy atom. The average molecular weight is 362 g/mol. The molecule has 0 aliphatic carbocycles. The van der Waals surface area contributed by atoms with Crippen molar-refractivity contribution in [2.45, 2.75) is 19.8 Å². The summed E-state index contributed by atoms with van der Waals surface area (Å²) < 4.78 is 13.3. The number of rotatable bonds is 3. The van der Waals surface area contributed by atoms with Gasteiger partial charge in [-0.1, -0.05) is 24.3 Å². The van der Waals surface area contributed by atoms with Gasteiger partial charge in [-0.25, -0.2) is 14.4 Å². The topological polar surface area (TPSA) is 58.1 Å². The molecular formula is C21H19FN4O. The van der Waals surface area contributed by atoms with Gasteiger partial charge >= 0.3 is 0 Å². The fourth-order valence-corrected chi connectivity index (χ4v) is 3.34. The highest BCUT2D eigenvalue weighted by Crippen LogP contribution is 2.32. The van der Waals surface area contributed by atoms with Gasteiger partial charge in [-0.2, -0.15) is 0 Å². The highest BCUT2D eigenvalue weighted by atomic mass is 19.1. The van der Waals surface area contributed by atoms with Gasteiger partial charge in [0, 0.05) is 24.0 Å². The molecule has 0 unspecified atom stereocenters. The van der Waals surface area contributed by atoms with Crippen molar-refractivity contribution in [2.24, 2.45) is 0 Å². The van der Waals surface area contributed by atoms with E-state index in [0.717, 1.165) is 25.1 Å². The van der Waals surface area contributed by atoms with Crippen LogP contribution in [0.2, 0.25) is 0 Å². The van der Waals surface area contributed by atoms with Crippen LogP contribution >= 0.6 is 0 Å². The summed E-state index contributed by atoms with van der Waals surface area (Å²) in [6.07, 6.45) is 2.05. The van der Waals surface area contributed by atoms with Crippen LogP contribution in [0.15, 0.2) is 54.6 Å². The molecule has 0 saturated carbocycles. The lowest BCUT2D eigenvalue weighted by Crippen LogP contribution is -2.26. The van der Waals surface area contributed by atoms with E-state index in [2.05, 4.69) is 32.3 Å². The monoisotopic (exact) mass is 362 g/mol. The fourth-order valence-electron chi connectivity index (χ4n) is 3.34. The molecule has 136 valence electrons. The maximum absolute atomic E-state index is 13.3. The summed E-state index contributed by atoms with van der Waals surface area (Å²) in [6, 6.07) is 15.7. The van der Waals surface area contributed by atoms with Crippen LogP contribution in [0.25, 0.3) is 0 Å². The van der Waals surface area contributed by atoms with E-state index in [4.69, 9.17) is 0 Å². The Morgan fingerprint density at radius 2 is 1.96 bits per heavy atom. The minimum atomic E-state index is -0.405. The zero-order valence-electron chi connectivity index (χ0n) is 14.9. The lowest BCUT2D eigenvalue weighted by molar-refractivity contribution is 0.102. The third kappa shape index (κ3) is 3.65. The van der Waals surface area contributed by atoms with E-state index in [1.54, 1.807) is 25.1 Å². The number of nitrogens with zero attached hydrogens (tertiary/aromatic N) is 3. The van der Waals surface area contributed by atoms with E-state index in [-0.39, 0.29) is 5.69 Å². The molecule has 0 radical (unpaired) electrons. The quantitative estimate of drug-likeness (QED) is 0.756. The minimum Gasteiger partial charge on any atom is -0.326 e. The van der Waals surface area contributed by atoms with Gasteiger partial charge in [0.2, 0.25) is 0 Å². The highest BCUT2D eigenvalue weighted by molar-refractivity contribution is 6.03. The van der Waals surface area contributed by atoms with Crippen molar-refractivity contribution in [3.05, 3.63) is 77.5 Å². The Hall–Kier alpha value is -3.28. The van der Waals surface area contributed by atoms with Crippen molar-refractivity contribution in [1.82, 2.24) is 9.97 Å². The second-order valence-electron chi connectivity index (χ2n) is 6.51. The Labute approximate surface area is 156 Å². The first-order chi connectivity index (χ1) is 13.1. The number of carbonyl (C=O) groups is 1. The van der Waals surface area contributed by atoms with Crippen molar-refractivity contribution in [3.8, 4) is 0 Å². The fraction of sp³-hybridized carbons (Fsp3) is 0.190. The summed E-state index contributed by atoms with van der Waals surface area (Å²) in [5.41, 5.74) is 3.02. The third-order valence-corrected chi connectivity index (χ3v) is 4.53. The zero-order chi connectivity index (χ0) is 18.8. The number of nitrogens with one attached hydrogen (secondary N) is 1. The molecular weight excluding hydrogens is 343 g/mol. The molecule has 6 heteroatoms. The molecule has 1 aliphatic rings. The van der Waals surface area contributed by atoms with Crippen LogP contribution < -0.4 is 10.2 Å². The predicted octanol–water partition coefficient (Wildman–Crippen LogP) is 4.26. The van der Waals surface area contributed by atoms with Gasteiger partial charge in [0.1, 0.15) is 23.2 Å². The van der Waals surface area contributed by atoms with E-state index in [9.17, 15) is 9.18 Å². The average Bonchev–Trinajstić information content (AvgIpc) is 2.67. The normalized spacial score (nSPS) is 13.2. The first kappa shape index (κ1) is 17.1. The zero-order valence-corrected chi connectivity index (χ0v) is 14.9. The van der Waals surface area contributed by atoms with Crippen molar-refractivity contribution >= 4 is 23.1 Å². The van der Waals surface area contributed by atoms with Gasteiger partial charge in [0.25, 0.3) is 5.91 Å². The molecule has 0 atom stereocenters. The minimum absolute atomic E-state index is 0.254. The van der Waals surface area contributed by atoms with E-state index < -0.39 is 11.7 Å². The lowest BCUT2D eigenvalue weighted by Gasteiger charge is -2.30. The number of amides is 1. The van der Waals surface area contributed by atoms with Crippen LogP contribution in [0.4, 0.5) is 21.6 Å². The van der Waals surface area contributed by atoms with Gasteiger partial charge in [0.05, 0.1) is 0 Å². The molecule has 2 aromatic carbocycles. The van der Waals surface area contributed by atoms with Crippen LogP contribution in [0, 0.1) is 12.7 Å². The number of fused-ring (bicyclic) bond motifs is 1. The molecule has 1 amide bonds. The second kappa shape index (κ2) is 7.15. The van der Waals surface area contributed by atoms with E-state index in [1.165, 1.54) is 17.7 Å². The maximum Gasteiger partial charge on any atom is 0.274 e. The first-order valence-corrected chi connectivity index (χ1v) is 8.88. The Kier molecular flexibility index (Phi) is 4.54. The maximum atomic E-state index is 13.3. The van der Waals surface area contributed by atoms with Gasteiger partial charge in [-0.05, 0) is 49.6 Å². The highest BCUT2D eigenvalue weighted by Gasteiger charge is 2.21. The third-order valence-electron chi connectivity index (χ3n) is 4.53. The van der Waals surface area contributed by atoms with E-state index in [0.29, 0.717) is 17.3 Å². The second-order valence-corrected chi connectivity index (χ2v) is 6.51. The van der Waals surface area contributed by atoms with E-state index >= 15 is 0 Å². The molecule has 0 spiro atoms. The van der Waals surface area contributed by atoms with Gasteiger partial charge < -0.3 is 10.2 Å². The smallest absolute Gasteiger partial charge is 0.274 e. The number of para-hydroxylation sites is 1. The van der Waals surface area contributed by atoms with Crippen LogP contribution in [0.1, 0.15) is 28.3 Å². The SMILES string of the molecule is Cc1nc(C(=O)Nc2cccc(F)c2)cc(N2CCCc3ccccc32)n1. The number of carbonyl (C=O) groups excluding carboxylic acids is 1. The number of hydrogen-bond acceptors (Lipinski definition) is 4. The van der Waals surface area contributed by atoms with Crippen LogP contribution in [0.5, 0.6) is 0 Å². The lowest BCUT2D eigenvalue weighted by atomic mass is 10.0. The summed E-state index contributed by atoms with van der Waals surface area (Å²) in [7, 11) is 0. The molecule has 3 aromatic rings. The molecule has 2 heterocycles. The molecule has 0 fully saturated rings. The number of benzene rings is 2. The number of halogens is 1. The summed E-state index contributed by atoms with van der Waals surface area (Å²) in [5, 5.41) is 2.69. The molecule has 1 N–H and O–H groups in total. The van der Waals surface area contributed by atoms with Gasteiger partial charge in [0.15, 0.2) is 0 Å². The van der Waals surface area contributed by atoms with Gasteiger partial charge in [-0.15, -0.1) is 0 Å². The predicted molar refractivity (Wildman–Crippen MR) is 103 cm³/mol. The Balaban J connectivity index is 1.65. The Bertz CT molecular complexity index is 1000. The molecule has 0 bridgehead atoms. The number of hydrogen-bond donors (Lipinski definition) is 1. The molecule has 27 heavy (non-hydrogen) atoms. The van der Waals surface area contributed by atoms with Crippen LogP contribution in [-0.4, -0.2) is 22.4 Å². The van der Waals surface area contributed by atoms with E-state index in [1.807, 2.05) is 12.1 Å². The molecule has 4 rings (SSSR count). The largest absolute Gasteiger partial charge is 0.326 e. The summed E-state index contributed by atoms with van der Waals surface area (Å²) >= 11 is 0. The number of anilines is 3. The standard InChI is InChI=1S/C21H19FN4O/c1-14-23-18(21(27)25-17-9-4-8-16(22)12-17)13-20(24-14)26-11-5-7-15-6-2-3-10-19(15)26/h2-4,6,8-10,12-13H,5,7,11H2,1H3,(H,25,27). The van der Waals surface area contributed by atoms with Crippen LogP contribution in [-0.2, 0) is 6.42 Å². The number of aromatic nitrogens is 2. The first-order valence-electron chi connectivity index (χ1n) is 8.88. The van der Waals surface area contributed by atoms with Crippen molar-refractivity contribution in [1.29, 1.82) is 0 Å². The van der Waals surface area contributed by atoms with Crippen molar-refractivity contribution in [2.75, 3.05) is 16.8 Å². The van der Waals surface area contributed by atoms with Crippen molar-refractivity contribution in [3.63, 3.8) is 0 Å². The summed E-state index contributed by atoms with van der Waals surface area (Å²) in [4.78, 5) is 23.5. The molecule has 5 nitrogen and oxygen atoms in total. The summed E-state index contributed by atoms with van der Waals surface area (Å²) in [6.45, 7) is 2.59. The van der Waals surface area contributed by atoms with Gasteiger partial charge in [-0.3, -0.25) is 4.79 Å². The van der Waals surface area contributed by atoms with Crippen molar-refractivity contribution < 1.29 is 9.18 Å². The molecule has 0 saturated heterocycles. The summed E-state index contributed by atoms with van der Waals surface area (Å²) in [5.74, 6) is 0.411. The number of aryl methyl sites for hydroxylation is 2. The Morgan fingerprint density at radius 3 is 2.81 bits per heavy atom.